The highest BCUT2D eigenvalue weighted by atomic mass is 35.5. The maximum Gasteiger partial charge on any atom is 0.257 e. The molecule has 9 heteroatoms. The van der Waals surface area contributed by atoms with Crippen LogP contribution in [0.2, 0.25) is 5.02 Å². The van der Waals surface area contributed by atoms with Gasteiger partial charge in [-0.15, -0.1) is 0 Å². The molecule has 28 heavy (non-hydrogen) atoms. The maximum absolute atomic E-state index is 12.0. The van der Waals surface area contributed by atoms with Crippen molar-refractivity contribution in [2.75, 3.05) is 5.32 Å². The van der Waals surface area contributed by atoms with E-state index in [9.17, 15) is 4.79 Å². The van der Waals surface area contributed by atoms with Gasteiger partial charge >= 0.3 is 0 Å². The largest absolute Gasteiger partial charge is 0.431 e. The molecule has 7 nitrogen and oxygen atoms in total. The number of nitrogens with zero attached hydrogens (tertiary/aromatic N) is 3. The lowest BCUT2D eigenvalue weighted by Crippen LogP contribution is -2.12. The number of carbonyl (C=O) groups is 1. The molecule has 2 aromatic carbocycles. The van der Waals surface area contributed by atoms with E-state index in [-0.39, 0.29) is 12.3 Å². The average Bonchev–Trinajstić information content (AvgIpc) is 3.31. The summed E-state index contributed by atoms with van der Waals surface area (Å²) in [6.07, 6.45) is 0.583. The van der Waals surface area contributed by atoms with Gasteiger partial charge in [-0.05, 0) is 30.3 Å². The van der Waals surface area contributed by atoms with Crippen molar-refractivity contribution in [1.29, 1.82) is 0 Å². The van der Waals surface area contributed by atoms with Crippen molar-refractivity contribution in [3.8, 4) is 0 Å². The number of nitrogens with one attached hydrogen (secondary N) is 1. The van der Waals surface area contributed by atoms with Crippen molar-refractivity contribution in [3.05, 3.63) is 65.3 Å². The van der Waals surface area contributed by atoms with E-state index in [4.69, 9.17) is 20.5 Å². The van der Waals surface area contributed by atoms with Crippen LogP contribution in [0.4, 0.5) is 5.69 Å². The highest BCUT2D eigenvalue weighted by molar-refractivity contribution is 7.98. The van der Waals surface area contributed by atoms with Gasteiger partial charge in [-0.3, -0.25) is 4.79 Å². The molecule has 0 spiro atoms. The fourth-order valence-electron chi connectivity index (χ4n) is 2.50. The number of benzene rings is 2. The Morgan fingerprint density at radius 3 is 2.89 bits per heavy atom. The van der Waals surface area contributed by atoms with Crippen molar-refractivity contribution in [2.45, 2.75) is 23.8 Å². The van der Waals surface area contributed by atoms with Crippen LogP contribution >= 0.6 is 23.4 Å². The summed E-state index contributed by atoms with van der Waals surface area (Å²) >= 11 is 7.29. The molecule has 1 amide bonds. The van der Waals surface area contributed by atoms with Gasteiger partial charge in [-0.1, -0.05) is 46.7 Å². The number of hydrogen-bond acceptors (Lipinski definition) is 7. The van der Waals surface area contributed by atoms with E-state index in [1.54, 1.807) is 24.3 Å². The third kappa shape index (κ3) is 4.71. The highest BCUT2D eigenvalue weighted by Gasteiger charge is 2.12. The van der Waals surface area contributed by atoms with Crippen molar-refractivity contribution < 1.29 is 13.7 Å². The third-order valence-corrected chi connectivity index (χ3v) is 4.84. The zero-order chi connectivity index (χ0) is 19.3. The van der Waals surface area contributed by atoms with Gasteiger partial charge in [0.25, 0.3) is 5.22 Å². The molecular formula is C19H15ClN4O3S. The minimum atomic E-state index is -0.150. The quantitative estimate of drug-likeness (QED) is 0.437. The van der Waals surface area contributed by atoms with Crippen molar-refractivity contribution in [3.63, 3.8) is 0 Å². The number of halogens is 1. The Labute approximate surface area is 169 Å². The molecule has 0 aliphatic carbocycles. The van der Waals surface area contributed by atoms with Crippen LogP contribution in [0.3, 0.4) is 0 Å². The molecule has 0 fully saturated rings. The van der Waals surface area contributed by atoms with Crippen LogP contribution in [0.1, 0.15) is 18.1 Å². The lowest BCUT2D eigenvalue weighted by atomic mass is 10.2. The molecular weight excluding hydrogens is 400 g/mol. The minimum Gasteiger partial charge on any atom is -0.431 e. The van der Waals surface area contributed by atoms with E-state index >= 15 is 0 Å². The molecule has 1 N–H and O–H groups in total. The lowest BCUT2D eigenvalue weighted by Gasteiger charge is -2.04. The zero-order valence-corrected chi connectivity index (χ0v) is 16.2. The van der Waals surface area contributed by atoms with E-state index in [1.807, 2.05) is 24.3 Å². The maximum atomic E-state index is 12.0. The summed E-state index contributed by atoms with van der Waals surface area (Å²) in [6, 6.07) is 14.6. The fourth-order valence-corrected chi connectivity index (χ4v) is 3.37. The number of aromatic nitrogens is 3. The van der Waals surface area contributed by atoms with Crippen molar-refractivity contribution >= 4 is 46.1 Å². The van der Waals surface area contributed by atoms with Crippen molar-refractivity contribution in [1.82, 2.24) is 15.1 Å². The molecule has 2 heterocycles. The summed E-state index contributed by atoms with van der Waals surface area (Å²) in [4.78, 5) is 20.7. The molecule has 0 aliphatic heterocycles. The standard InChI is InChI=1S/C19H15ClN4O3S/c20-12-4-3-5-13(10-12)21-17(25)8-9-18-23-16(24-27-18)11-28-19-22-14-6-1-2-7-15(14)26-19/h1-7,10H,8-9,11H2,(H,21,25). The molecule has 0 bridgehead atoms. The fraction of sp³-hybridized carbons (Fsp3) is 0.158. The van der Waals surface area contributed by atoms with Crippen LogP contribution in [0.5, 0.6) is 0 Å². The molecule has 0 saturated carbocycles. The first-order valence-electron chi connectivity index (χ1n) is 8.51. The first-order chi connectivity index (χ1) is 13.7. The number of anilines is 1. The van der Waals surface area contributed by atoms with E-state index in [2.05, 4.69) is 20.4 Å². The number of thioether (sulfide) groups is 1. The number of aryl methyl sites for hydroxylation is 1. The molecule has 4 rings (SSSR count). The van der Waals surface area contributed by atoms with Crippen LogP contribution in [-0.4, -0.2) is 21.0 Å². The Bertz CT molecular complexity index is 1080. The van der Waals surface area contributed by atoms with Crippen LogP contribution < -0.4 is 5.32 Å². The Morgan fingerprint density at radius 1 is 1.14 bits per heavy atom. The van der Waals surface area contributed by atoms with E-state index in [1.165, 1.54) is 11.8 Å². The molecule has 0 aliphatic rings. The zero-order valence-electron chi connectivity index (χ0n) is 14.6. The number of para-hydroxylation sites is 2. The van der Waals surface area contributed by atoms with Gasteiger partial charge in [-0.25, -0.2) is 4.98 Å². The van der Waals surface area contributed by atoms with Crippen LogP contribution in [0.25, 0.3) is 11.1 Å². The highest BCUT2D eigenvalue weighted by Crippen LogP contribution is 2.25. The number of fused-ring (bicyclic) bond motifs is 1. The van der Waals surface area contributed by atoms with Gasteiger partial charge in [0, 0.05) is 23.6 Å². The van der Waals surface area contributed by atoms with Gasteiger partial charge in [-0.2, -0.15) is 4.98 Å². The number of rotatable bonds is 7. The first-order valence-corrected chi connectivity index (χ1v) is 9.87. The summed E-state index contributed by atoms with van der Waals surface area (Å²) < 4.78 is 10.8. The molecule has 142 valence electrons. The summed E-state index contributed by atoms with van der Waals surface area (Å²) in [5, 5.41) is 7.83. The topological polar surface area (TPSA) is 94.0 Å². The number of amides is 1. The second-order valence-corrected chi connectivity index (χ2v) is 7.26. The summed E-state index contributed by atoms with van der Waals surface area (Å²) in [6.45, 7) is 0. The Morgan fingerprint density at radius 2 is 2.04 bits per heavy atom. The van der Waals surface area contributed by atoms with Crippen molar-refractivity contribution in [2.24, 2.45) is 0 Å². The van der Waals surface area contributed by atoms with Crippen LogP contribution in [0.15, 0.2) is 62.7 Å². The predicted molar refractivity (Wildman–Crippen MR) is 106 cm³/mol. The molecule has 2 aromatic heterocycles. The SMILES string of the molecule is O=C(CCc1nc(CSc2nc3ccccc3o2)no1)Nc1cccc(Cl)c1. The Balaban J connectivity index is 1.27. The second kappa shape index (κ2) is 8.45. The predicted octanol–water partition coefficient (Wildman–Crippen LogP) is 4.73. The summed E-state index contributed by atoms with van der Waals surface area (Å²) in [7, 11) is 0. The second-order valence-electron chi connectivity index (χ2n) is 5.90. The van der Waals surface area contributed by atoms with Gasteiger partial charge in [0.1, 0.15) is 5.52 Å². The van der Waals surface area contributed by atoms with Gasteiger partial charge < -0.3 is 14.3 Å². The van der Waals surface area contributed by atoms with Gasteiger partial charge in [0.15, 0.2) is 11.4 Å². The van der Waals surface area contributed by atoms with Crippen LogP contribution in [-0.2, 0) is 17.0 Å². The van der Waals surface area contributed by atoms with E-state index < -0.39 is 0 Å². The number of carbonyl (C=O) groups excluding carboxylic acids is 1. The minimum absolute atomic E-state index is 0.150. The molecule has 4 aromatic rings. The first kappa shape index (κ1) is 18.5. The molecule has 0 unspecified atom stereocenters. The smallest absolute Gasteiger partial charge is 0.257 e. The summed E-state index contributed by atoms with van der Waals surface area (Å²) in [5.41, 5.74) is 2.20. The van der Waals surface area contributed by atoms with Gasteiger partial charge in [0.05, 0.1) is 5.75 Å². The van der Waals surface area contributed by atoms with Crippen LogP contribution in [0, 0.1) is 0 Å². The monoisotopic (exact) mass is 414 g/mol. The molecule has 0 radical (unpaired) electrons. The van der Waals surface area contributed by atoms with E-state index in [0.29, 0.717) is 39.8 Å². The van der Waals surface area contributed by atoms with E-state index in [0.717, 1.165) is 11.1 Å². The number of oxazole rings is 1. The summed E-state index contributed by atoms with van der Waals surface area (Å²) in [5.74, 6) is 1.25. The Hall–Kier alpha value is -2.84. The lowest BCUT2D eigenvalue weighted by molar-refractivity contribution is -0.116. The number of hydrogen-bond donors (Lipinski definition) is 1. The third-order valence-electron chi connectivity index (χ3n) is 3.78. The molecule has 0 atom stereocenters. The van der Waals surface area contributed by atoms with Gasteiger partial charge in [0.2, 0.25) is 11.8 Å². The average molecular weight is 415 g/mol. The Kier molecular flexibility index (Phi) is 5.59. The molecule has 0 saturated heterocycles. The normalized spacial score (nSPS) is 11.0.